The number of thioether (sulfide) groups is 1. The Kier molecular flexibility index (Phi) is 19.1. The Balaban J connectivity index is 0. The molecule has 1 fully saturated rings. The predicted molar refractivity (Wildman–Crippen MR) is 98.4 cm³/mol. The van der Waals surface area contributed by atoms with Crippen LogP contribution in [0.3, 0.4) is 0 Å². The number of nitrogens with two attached hydrogens (primary N) is 1. The van der Waals surface area contributed by atoms with Crippen LogP contribution in [0.4, 0.5) is 5.82 Å². The second-order valence-electron chi connectivity index (χ2n) is 6.27. The molecule has 18 nitrogen and oxygen atoms in total. The first-order valence-electron chi connectivity index (χ1n) is 8.39. The monoisotopic (exact) mass is 641 g/mol. The summed E-state index contributed by atoms with van der Waals surface area (Å²) in [6.07, 6.45) is -3.44. The number of anilines is 1. The number of hydrogen-bond donors (Lipinski definition) is 3. The number of nitrogens with zero attached hydrogens (tertiary/aromatic N) is 4. The van der Waals surface area contributed by atoms with E-state index in [-0.39, 0.29) is 140 Å². The van der Waals surface area contributed by atoms with Crippen LogP contribution in [0.1, 0.15) is 6.23 Å². The van der Waals surface area contributed by atoms with E-state index in [1.807, 2.05) is 0 Å². The molecule has 0 bridgehead atoms. The van der Waals surface area contributed by atoms with Crippen molar-refractivity contribution in [2.45, 2.75) is 29.7 Å². The van der Waals surface area contributed by atoms with Crippen LogP contribution in [-0.2, 0) is 31.6 Å². The van der Waals surface area contributed by atoms with Gasteiger partial charge in [0, 0.05) is 0 Å². The standard InChI is InChI=1S/C11H18N5O13P3S.4Na/c1-33-11-14-8(12)5-9(15-11)16(3-13-5)10-7(18)6(17)4(27-10)2-26-31(22,23)29-32(24,25)28-30(19,20)21;;;;/h3-4,6-7,10,17-18H,2H2,1H3,(H,22,23)(H,24,25)(H2,12,14,15)(H2,19,20,21);;;;/q;4*+1/p-4/t4-,6+,7-,10-;;;;/m1..../s1. The molecule has 0 aliphatic carbocycles. The number of aromatic nitrogens is 4. The maximum absolute atomic E-state index is 11.7. The van der Waals surface area contributed by atoms with Gasteiger partial charge >= 0.3 is 118 Å². The number of phosphoric ester groups is 1. The zero-order chi connectivity index (χ0) is 24.8. The average Bonchev–Trinajstić information content (AvgIpc) is 3.19. The molecule has 2 unspecified atom stereocenters. The molecule has 37 heavy (non-hydrogen) atoms. The van der Waals surface area contributed by atoms with Crippen LogP contribution in [0.15, 0.2) is 11.5 Å². The van der Waals surface area contributed by atoms with Crippen molar-refractivity contribution in [2.75, 3.05) is 18.6 Å². The molecule has 0 radical (unpaired) electrons. The third-order valence-electron chi connectivity index (χ3n) is 4.02. The summed E-state index contributed by atoms with van der Waals surface area (Å²) in [6.45, 7) is -1.08. The molecule has 2 aromatic rings. The van der Waals surface area contributed by atoms with E-state index >= 15 is 0 Å². The molecule has 6 atom stereocenters. The molecule has 1 aliphatic rings. The van der Waals surface area contributed by atoms with Gasteiger partial charge in [-0.1, -0.05) is 11.8 Å². The molecule has 26 heteroatoms. The Bertz CT molecular complexity index is 1190. The van der Waals surface area contributed by atoms with Crippen molar-refractivity contribution in [1.82, 2.24) is 19.5 Å². The number of aliphatic hydroxyl groups excluding tert-OH is 2. The molecular weight excluding hydrogens is 627 g/mol. The van der Waals surface area contributed by atoms with Gasteiger partial charge in [-0.2, -0.15) is 0 Å². The molecule has 1 aliphatic heterocycles. The predicted octanol–water partition coefficient (Wildman–Crippen LogP) is -15.4. The van der Waals surface area contributed by atoms with Crippen molar-refractivity contribution in [1.29, 1.82) is 0 Å². The number of ether oxygens (including phenoxy) is 1. The number of fused-ring (bicyclic) bond motifs is 1. The molecule has 3 heterocycles. The SMILES string of the molecule is CSc1nc(N)c2ncn([C@@H]3O[C@H](COP(=O)([O-])OP(=O)([O-])OP(=O)([O-])[O-])[C@H](O)[C@H]3O)c2n1.[Na+].[Na+].[Na+].[Na+]. The Morgan fingerprint density at radius 1 is 1.05 bits per heavy atom. The van der Waals surface area contributed by atoms with Crippen molar-refractivity contribution in [3.63, 3.8) is 0 Å². The topological polar surface area (TPSA) is 290 Å². The molecule has 4 N–H and O–H groups in total. The second-order valence-corrected chi connectivity index (χ2v) is 11.3. The first-order chi connectivity index (χ1) is 15.1. The summed E-state index contributed by atoms with van der Waals surface area (Å²) in [5, 5.41) is 20.8. The van der Waals surface area contributed by atoms with Crippen molar-refractivity contribution < 1.29 is 180 Å². The third-order valence-corrected chi connectivity index (χ3v) is 8.23. The van der Waals surface area contributed by atoms with Gasteiger partial charge in [0.15, 0.2) is 22.8 Å². The van der Waals surface area contributed by atoms with Crippen LogP contribution in [0, 0.1) is 0 Å². The smallest absolute Gasteiger partial charge is 0.790 e. The fourth-order valence-corrected chi connectivity index (χ4v) is 5.97. The van der Waals surface area contributed by atoms with E-state index in [9.17, 15) is 43.5 Å². The number of hydrogen-bond acceptors (Lipinski definition) is 18. The quantitative estimate of drug-likeness (QED) is 0.0991. The fourth-order valence-electron chi connectivity index (χ4n) is 2.74. The second kappa shape index (κ2) is 16.7. The van der Waals surface area contributed by atoms with Crippen molar-refractivity contribution >= 4 is 52.2 Å². The minimum atomic E-state index is -6.15. The Labute approximate surface area is 301 Å². The van der Waals surface area contributed by atoms with E-state index in [1.54, 1.807) is 6.26 Å². The number of phosphoric acid groups is 3. The maximum atomic E-state index is 11.7. The average molecular weight is 641 g/mol. The van der Waals surface area contributed by atoms with Crippen LogP contribution in [0.25, 0.3) is 11.2 Å². The molecule has 0 spiro atoms. The first kappa shape index (κ1) is 42.1. The van der Waals surface area contributed by atoms with Crippen molar-refractivity contribution in [3.05, 3.63) is 6.33 Å². The molecular formula is C11H14N5Na4O13P3S. The van der Waals surface area contributed by atoms with E-state index < -0.39 is 54.6 Å². The minimum absolute atomic E-state index is 0. The van der Waals surface area contributed by atoms with E-state index in [1.165, 1.54) is 10.9 Å². The van der Waals surface area contributed by atoms with E-state index in [4.69, 9.17) is 10.5 Å². The molecule has 3 rings (SSSR count). The number of aliphatic hydroxyl groups is 2. The zero-order valence-corrected chi connectivity index (χ0v) is 31.6. The summed E-state index contributed by atoms with van der Waals surface area (Å²) in [5.41, 5.74) is 6.10. The Morgan fingerprint density at radius 2 is 1.65 bits per heavy atom. The van der Waals surface area contributed by atoms with Gasteiger partial charge in [-0.25, -0.2) is 19.3 Å². The molecule has 0 saturated carbocycles. The number of imidazole rings is 1. The first-order valence-corrected chi connectivity index (χ1v) is 14.0. The van der Waals surface area contributed by atoms with Gasteiger partial charge < -0.3 is 49.3 Å². The van der Waals surface area contributed by atoms with Gasteiger partial charge in [-0.15, -0.1) is 0 Å². The van der Waals surface area contributed by atoms with Gasteiger partial charge in [0.2, 0.25) is 0 Å². The summed E-state index contributed by atoms with van der Waals surface area (Å²) in [6, 6.07) is 0. The van der Waals surface area contributed by atoms with Crippen LogP contribution < -0.4 is 144 Å². The largest absolute Gasteiger partial charge is 1.00 e. The summed E-state index contributed by atoms with van der Waals surface area (Å²) in [4.78, 5) is 55.7. The van der Waals surface area contributed by atoms with E-state index in [0.717, 1.165) is 11.8 Å². The molecule has 186 valence electrons. The summed E-state index contributed by atoms with van der Waals surface area (Å²) < 4.78 is 50.5. The molecule has 1 saturated heterocycles. The van der Waals surface area contributed by atoms with Gasteiger partial charge in [0.05, 0.1) is 20.8 Å². The number of rotatable bonds is 9. The number of nitrogen functional groups attached to an aromatic ring is 1. The molecule has 0 aromatic carbocycles. The summed E-state index contributed by atoms with van der Waals surface area (Å²) in [5.74, 6) is 0.0328. The Morgan fingerprint density at radius 3 is 2.19 bits per heavy atom. The molecule has 0 amide bonds. The minimum Gasteiger partial charge on any atom is -0.790 e. The van der Waals surface area contributed by atoms with Gasteiger partial charge in [-0.3, -0.25) is 18.0 Å². The Hall–Kier alpha value is 2.99. The van der Waals surface area contributed by atoms with Gasteiger partial charge in [-0.05, 0) is 6.26 Å². The van der Waals surface area contributed by atoms with Crippen LogP contribution >= 0.6 is 35.2 Å². The van der Waals surface area contributed by atoms with Crippen molar-refractivity contribution in [2.24, 2.45) is 0 Å². The van der Waals surface area contributed by atoms with Gasteiger partial charge in [0.1, 0.15) is 23.8 Å². The normalized spacial score (nSPS) is 24.5. The third kappa shape index (κ3) is 11.5. The van der Waals surface area contributed by atoms with Crippen LogP contribution in [0.2, 0.25) is 0 Å². The summed E-state index contributed by atoms with van der Waals surface area (Å²) in [7, 11) is -18.1. The zero-order valence-electron chi connectivity index (χ0n) is 20.1. The van der Waals surface area contributed by atoms with Crippen LogP contribution in [0.5, 0.6) is 0 Å². The maximum Gasteiger partial charge on any atom is 1.00 e. The van der Waals surface area contributed by atoms with Crippen LogP contribution in [-0.4, -0.2) is 60.9 Å². The van der Waals surface area contributed by atoms with E-state index in [0.29, 0.717) is 0 Å². The van der Waals surface area contributed by atoms with E-state index in [2.05, 4.69) is 28.1 Å². The van der Waals surface area contributed by atoms with Gasteiger partial charge in [0.25, 0.3) is 15.6 Å². The summed E-state index contributed by atoms with van der Waals surface area (Å²) >= 11 is 1.16. The van der Waals surface area contributed by atoms with Crippen molar-refractivity contribution in [3.8, 4) is 0 Å². The fraction of sp³-hybridized carbons (Fsp3) is 0.545. The molecule has 2 aromatic heterocycles.